The highest BCUT2D eigenvalue weighted by Crippen LogP contribution is 2.57. The largest absolute Gasteiger partial charge is 0.481 e. The van der Waals surface area contributed by atoms with Gasteiger partial charge in [0.1, 0.15) is 30.2 Å². The number of aliphatic hydroxyl groups is 2. The van der Waals surface area contributed by atoms with Crippen LogP contribution >= 0.6 is 15.6 Å². The number of anilines is 1. The Morgan fingerprint density at radius 1 is 1.19 bits per heavy atom. The number of hydrogen-bond donors (Lipinski definition) is 6. The van der Waals surface area contributed by atoms with Gasteiger partial charge in [0.05, 0.1) is 12.9 Å². The summed E-state index contributed by atoms with van der Waals surface area (Å²) in [7, 11) is -10.4. The Labute approximate surface area is 150 Å². The molecule has 17 heteroatoms. The van der Waals surface area contributed by atoms with Crippen LogP contribution in [0.3, 0.4) is 0 Å². The number of rotatable bonds is 6. The number of phosphoric ester groups is 1. The zero-order chi connectivity index (χ0) is 20.0. The van der Waals surface area contributed by atoms with Crippen LogP contribution in [0.4, 0.5) is 5.82 Å². The van der Waals surface area contributed by atoms with Crippen molar-refractivity contribution in [2.24, 2.45) is 0 Å². The van der Waals surface area contributed by atoms with Crippen molar-refractivity contribution >= 4 is 32.6 Å². The van der Waals surface area contributed by atoms with Crippen molar-refractivity contribution in [2.45, 2.75) is 24.5 Å². The zero-order valence-electron chi connectivity index (χ0n) is 13.2. The van der Waals surface area contributed by atoms with Crippen LogP contribution in [0.5, 0.6) is 0 Å². The first kappa shape index (κ1) is 20.2. The van der Waals surface area contributed by atoms with Crippen LogP contribution in [0.2, 0.25) is 0 Å². The standard InChI is InChI=1S/C10H15N5O10P2/c11-8-5-9(13-2-12-8)15(3-14-5)10-7(17)6(16)4(24-10)1-23-27(21,22)25-26(18,19)20/h2-4,6-7,10,16-17H,1H2,(H,21,22)(H2,11,12,13)(H2,18,19,20)/t4-,6-,7+,10+/m0/s1. The zero-order valence-corrected chi connectivity index (χ0v) is 15.0. The Bertz CT molecular complexity index is 932. The number of imidazole rings is 1. The fraction of sp³-hybridized carbons (Fsp3) is 0.500. The first-order chi connectivity index (χ1) is 12.5. The summed E-state index contributed by atoms with van der Waals surface area (Å²) in [6.07, 6.45) is -3.20. The predicted molar refractivity (Wildman–Crippen MR) is 84.6 cm³/mol. The van der Waals surface area contributed by atoms with Gasteiger partial charge in [-0.1, -0.05) is 0 Å². The summed E-state index contributed by atoms with van der Waals surface area (Å²) in [5.41, 5.74) is 6.11. The predicted octanol–water partition coefficient (Wildman–Crippen LogP) is -1.75. The summed E-state index contributed by atoms with van der Waals surface area (Å²) < 4.78 is 36.8. The maximum Gasteiger partial charge on any atom is 0.481 e. The van der Waals surface area contributed by atoms with Crippen molar-refractivity contribution in [3.63, 3.8) is 0 Å². The molecule has 15 nitrogen and oxygen atoms in total. The third-order valence-corrected chi connectivity index (χ3v) is 5.76. The molecule has 0 spiro atoms. The molecule has 0 radical (unpaired) electrons. The molecule has 2 aromatic heterocycles. The molecule has 0 saturated carbocycles. The Balaban J connectivity index is 1.75. The number of phosphoric acid groups is 2. The summed E-state index contributed by atoms with van der Waals surface area (Å²) in [5, 5.41) is 20.3. The minimum absolute atomic E-state index is 0.0856. The molecule has 3 rings (SSSR count). The second-order valence-electron chi connectivity index (χ2n) is 5.47. The number of nitrogens with zero attached hydrogens (tertiary/aromatic N) is 4. The van der Waals surface area contributed by atoms with Crippen LogP contribution in [0.25, 0.3) is 11.2 Å². The van der Waals surface area contributed by atoms with Crippen LogP contribution in [-0.2, 0) is 22.7 Å². The minimum Gasteiger partial charge on any atom is -0.387 e. The second kappa shape index (κ2) is 7.14. The molecule has 150 valence electrons. The fourth-order valence-electron chi connectivity index (χ4n) is 2.48. The maximum atomic E-state index is 11.5. The van der Waals surface area contributed by atoms with E-state index in [9.17, 15) is 24.2 Å². The first-order valence-electron chi connectivity index (χ1n) is 7.17. The normalized spacial score (nSPS) is 28.5. The molecule has 5 atom stereocenters. The molecule has 0 aromatic carbocycles. The summed E-state index contributed by atoms with van der Waals surface area (Å²) in [6.45, 7) is -0.813. The SMILES string of the molecule is Nc1ncnc2c1ncn2[C@@H]1O[C@@H](COP(=O)(O)OP(=O)(O)O)[C@H](O)[C@H]1O. The molecule has 1 aliphatic rings. The molecule has 0 amide bonds. The van der Waals surface area contributed by atoms with Gasteiger partial charge in [-0.05, 0) is 0 Å². The van der Waals surface area contributed by atoms with E-state index in [0.717, 1.165) is 6.33 Å². The average molecular weight is 427 g/mol. The van der Waals surface area contributed by atoms with Gasteiger partial charge in [0.2, 0.25) is 0 Å². The molecule has 2 aromatic rings. The number of ether oxygens (including phenoxy) is 1. The lowest BCUT2D eigenvalue weighted by Crippen LogP contribution is -2.33. The van der Waals surface area contributed by atoms with Crippen molar-refractivity contribution < 1.29 is 47.6 Å². The van der Waals surface area contributed by atoms with Gasteiger partial charge in [0.15, 0.2) is 17.7 Å². The van der Waals surface area contributed by atoms with Gasteiger partial charge in [-0.25, -0.2) is 24.1 Å². The van der Waals surface area contributed by atoms with Crippen molar-refractivity contribution in [1.29, 1.82) is 0 Å². The lowest BCUT2D eigenvalue weighted by atomic mass is 10.1. The van der Waals surface area contributed by atoms with Gasteiger partial charge in [0, 0.05) is 0 Å². The van der Waals surface area contributed by atoms with E-state index in [2.05, 4.69) is 23.8 Å². The molecule has 1 aliphatic heterocycles. The highest BCUT2D eigenvalue weighted by molar-refractivity contribution is 7.60. The van der Waals surface area contributed by atoms with Gasteiger partial charge in [-0.15, -0.1) is 0 Å². The van der Waals surface area contributed by atoms with E-state index in [0.29, 0.717) is 0 Å². The lowest BCUT2D eigenvalue weighted by Gasteiger charge is -2.17. The summed E-state index contributed by atoms with van der Waals surface area (Å²) in [5.74, 6) is 0.0856. The van der Waals surface area contributed by atoms with Crippen LogP contribution in [0.15, 0.2) is 12.7 Å². The third kappa shape index (κ3) is 4.33. The molecule has 1 unspecified atom stereocenters. The van der Waals surface area contributed by atoms with Crippen molar-refractivity contribution in [2.75, 3.05) is 12.3 Å². The molecular weight excluding hydrogens is 412 g/mol. The molecule has 3 heterocycles. The second-order valence-corrected chi connectivity index (χ2v) is 8.30. The Morgan fingerprint density at radius 3 is 2.56 bits per heavy atom. The smallest absolute Gasteiger partial charge is 0.387 e. The van der Waals surface area contributed by atoms with Crippen LogP contribution in [0.1, 0.15) is 6.23 Å². The molecular formula is C10H15N5O10P2. The number of nitrogen functional groups attached to an aromatic ring is 1. The molecule has 0 aliphatic carbocycles. The van der Waals surface area contributed by atoms with E-state index in [1.165, 1.54) is 10.9 Å². The highest BCUT2D eigenvalue weighted by Gasteiger charge is 2.46. The van der Waals surface area contributed by atoms with E-state index < -0.39 is 46.8 Å². The van der Waals surface area contributed by atoms with Crippen LogP contribution in [-0.4, -0.2) is 69.3 Å². The van der Waals surface area contributed by atoms with Crippen LogP contribution in [0, 0.1) is 0 Å². The maximum absolute atomic E-state index is 11.5. The van der Waals surface area contributed by atoms with E-state index in [4.69, 9.17) is 20.3 Å². The van der Waals surface area contributed by atoms with Gasteiger partial charge < -0.3 is 35.4 Å². The number of fused-ring (bicyclic) bond motifs is 1. The van der Waals surface area contributed by atoms with E-state index >= 15 is 0 Å². The Kier molecular flexibility index (Phi) is 5.35. The van der Waals surface area contributed by atoms with E-state index in [1.54, 1.807) is 0 Å². The number of nitrogens with two attached hydrogens (primary N) is 1. The molecule has 1 saturated heterocycles. The van der Waals surface area contributed by atoms with Gasteiger partial charge in [-0.2, -0.15) is 4.31 Å². The van der Waals surface area contributed by atoms with Crippen molar-refractivity contribution in [3.05, 3.63) is 12.7 Å². The van der Waals surface area contributed by atoms with E-state index in [1.807, 2.05) is 0 Å². The molecule has 7 N–H and O–H groups in total. The minimum atomic E-state index is -5.29. The molecule has 27 heavy (non-hydrogen) atoms. The van der Waals surface area contributed by atoms with Gasteiger partial charge in [-0.3, -0.25) is 9.09 Å². The van der Waals surface area contributed by atoms with Gasteiger partial charge in [0.25, 0.3) is 0 Å². The Morgan fingerprint density at radius 2 is 1.89 bits per heavy atom. The summed E-state index contributed by atoms with van der Waals surface area (Å²) in [4.78, 5) is 38.1. The summed E-state index contributed by atoms with van der Waals surface area (Å²) in [6, 6.07) is 0. The number of hydrogen-bond acceptors (Lipinski definition) is 11. The Hall–Kier alpha value is -1.51. The van der Waals surface area contributed by atoms with E-state index in [-0.39, 0.29) is 17.0 Å². The lowest BCUT2D eigenvalue weighted by molar-refractivity contribution is -0.0503. The quantitative estimate of drug-likeness (QED) is 0.281. The van der Waals surface area contributed by atoms with Crippen molar-refractivity contribution in [3.8, 4) is 0 Å². The number of aromatic nitrogens is 4. The number of aliphatic hydroxyl groups excluding tert-OH is 2. The average Bonchev–Trinajstić information content (AvgIpc) is 3.07. The van der Waals surface area contributed by atoms with Gasteiger partial charge >= 0.3 is 15.6 Å². The molecule has 0 bridgehead atoms. The highest BCUT2D eigenvalue weighted by atomic mass is 31.3. The third-order valence-electron chi connectivity index (χ3n) is 3.61. The van der Waals surface area contributed by atoms with Crippen molar-refractivity contribution in [1.82, 2.24) is 19.5 Å². The monoisotopic (exact) mass is 427 g/mol. The van der Waals surface area contributed by atoms with Crippen LogP contribution < -0.4 is 5.73 Å². The summed E-state index contributed by atoms with van der Waals surface area (Å²) >= 11 is 0. The topological polar surface area (TPSA) is 233 Å². The fourth-order valence-corrected chi connectivity index (χ4v) is 4.08. The first-order valence-corrected chi connectivity index (χ1v) is 10.2. The molecule has 1 fully saturated rings.